The monoisotopic (exact) mass is 428 g/mol. The van der Waals surface area contributed by atoms with Gasteiger partial charge in [0, 0.05) is 10.6 Å². The zero-order chi connectivity index (χ0) is 20.8. The first-order chi connectivity index (χ1) is 14.0. The van der Waals surface area contributed by atoms with E-state index in [4.69, 9.17) is 22.8 Å². The van der Waals surface area contributed by atoms with E-state index in [0.29, 0.717) is 27.3 Å². The van der Waals surface area contributed by atoms with E-state index in [9.17, 15) is 10.1 Å². The SMILES string of the molecule is C#CCOc1ccc([C@H](C[N+](=O)[O-])Sc2nnc(C)n2-c2ccccc2)cc1Cl. The average Bonchev–Trinajstić information content (AvgIpc) is 3.07. The van der Waals surface area contributed by atoms with E-state index in [1.807, 2.05) is 41.8 Å². The van der Waals surface area contributed by atoms with Gasteiger partial charge in [0.05, 0.1) is 5.02 Å². The lowest BCUT2D eigenvalue weighted by molar-refractivity contribution is -0.479. The van der Waals surface area contributed by atoms with Gasteiger partial charge in [0.15, 0.2) is 5.16 Å². The first-order valence-electron chi connectivity index (χ1n) is 8.61. The summed E-state index contributed by atoms with van der Waals surface area (Å²) in [5.74, 6) is 3.49. The number of aromatic nitrogens is 3. The molecule has 0 radical (unpaired) electrons. The molecule has 1 atom stereocenters. The highest BCUT2D eigenvalue weighted by Gasteiger charge is 2.24. The maximum atomic E-state index is 11.3. The lowest BCUT2D eigenvalue weighted by Gasteiger charge is -2.15. The van der Waals surface area contributed by atoms with Gasteiger partial charge < -0.3 is 4.74 Å². The summed E-state index contributed by atoms with van der Waals surface area (Å²) in [6.07, 6.45) is 5.20. The van der Waals surface area contributed by atoms with E-state index < -0.39 is 5.25 Å². The third-order valence-electron chi connectivity index (χ3n) is 4.01. The van der Waals surface area contributed by atoms with Crippen LogP contribution >= 0.6 is 23.4 Å². The highest BCUT2D eigenvalue weighted by molar-refractivity contribution is 7.99. The minimum absolute atomic E-state index is 0.0889. The molecule has 0 spiro atoms. The average molecular weight is 429 g/mol. The molecule has 0 N–H and O–H groups in total. The van der Waals surface area contributed by atoms with Crippen LogP contribution in [-0.4, -0.2) is 32.8 Å². The van der Waals surface area contributed by atoms with Gasteiger partial charge in [-0.25, -0.2) is 0 Å². The van der Waals surface area contributed by atoms with E-state index in [2.05, 4.69) is 16.1 Å². The van der Waals surface area contributed by atoms with Gasteiger partial charge in [0.1, 0.15) is 23.4 Å². The molecular formula is C20H17ClN4O3S. The van der Waals surface area contributed by atoms with Gasteiger partial charge in [0.2, 0.25) is 6.54 Å². The highest BCUT2D eigenvalue weighted by atomic mass is 35.5. The standard InChI is InChI=1S/C20H17ClN4O3S/c1-3-11-28-18-10-9-15(12-17(18)21)19(13-24(26)27)29-20-23-22-14(2)25(20)16-7-5-4-6-8-16/h1,4-10,12,19H,11,13H2,2H3/t19-/m0/s1. The van der Waals surface area contributed by atoms with Gasteiger partial charge in [-0.1, -0.05) is 53.5 Å². The summed E-state index contributed by atoms with van der Waals surface area (Å²) in [6.45, 7) is 1.62. The van der Waals surface area contributed by atoms with Gasteiger partial charge in [-0.05, 0) is 36.8 Å². The van der Waals surface area contributed by atoms with Crippen molar-refractivity contribution in [3.05, 3.63) is 75.1 Å². The van der Waals surface area contributed by atoms with Crippen LogP contribution in [0.25, 0.3) is 5.69 Å². The van der Waals surface area contributed by atoms with Crippen molar-refractivity contribution in [1.29, 1.82) is 0 Å². The molecule has 7 nitrogen and oxygen atoms in total. The maximum absolute atomic E-state index is 11.3. The van der Waals surface area contributed by atoms with E-state index in [-0.39, 0.29) is 18.1 Å². The molecule has 0 aliphatic rings. The molecule has 0 saturated carbocycles. The van der Waals surface area contributed by atoms with Crippen LogP contribution in [0.5, 0.6) is 5.75 Å². The molecule has 0 fully saturated rings. The molecule has 0 saturated heterocycles. The zero-order valence-electron chi connectivity index (χ0n) is 15.5. The second kappa shape index (κ2) is 9.45. The third-order valence-corrected chi connectivity index (χ3v) is 5.49. The Balaban J connectivity index is 1.93. The Bertz CT molecular complexity index is 1050. The summed E-state index contributed by atoms with van der Waals surface area (Å²) in [5, 5.41) is 20.0. The summed E-state index contributed by atoms with van der Waals surface area (Å²) in [7, 11) is 0. The fourth-order valence-corrected chi connectivity index (χ4v) is 4.13. The number of ether oxygens (including phenoxy) is 1. The lowest BCUT2D eigenvalue weighted by Crippen LogP contribution is -2.11. The molecule has 3 aromatic rings. The normalized spacial score (nSPS) is 11.6. The minimum atomic E-state index is -0.518. The molecule has 3 rings (SSSR count). The van der Waals surface area contributed by atoms with Crippen molar-refractivity contribution >= 4 is 23.4 Å². The Labute approximate surface area is 177 Å². The molecule has 1 aromatic heterocycles. The summed E-state index contributed by atoms with van der Waals surface area (Å²) in [4.78, 5) is 10.9. The predicted octanol–water partition coefficient (Wildman–Crippen LogP) is 4.35. The molecule has 0 amide bonds. The molecule has 1 heterocycles. The van der Waals surface area contributed by atoms with Crippen LogP contribution in [-0.2, 0) is 0 Å². The summed E-state index contributed by atoms with van der Waals surface area (Å²) in [5.41, 5.74) is 1.57. The topological polar surface area (TPSA) is 83.1 Å². The number of aryl methyl sites for hydroxylation is 1. The Morgan fingerprint density at radius 1 is 1.31 bits per heavy atom. The molecule has 9 heteroatoms. The largest absolute Gasteiger partial charge is 0.479 e. The Morgan fingerprint density at radius 3 is 2.72 bits per heavy atom. The quantitative estimate of drug-likeness (QED) is 0.229. The molecule has 0 unspecified atom stereocenters. The van der Waals surface area contributed by atoms with E-state index >= 15 is 0 Å². The number of rotatable bonds is 8. The first-order valence-corrected chi connectivity index (χ1v) is 9.87. The number of para-hydroxylation sites is 1. The second-order valence-electron chi connectivity index (χ2n) is 6.01. The molecule has 0 bridgehead atoms. The van der Waals surface area contributed by atoms with Gasteiger partial charge in [0.25, 0.3) is 0 Å². The Kier molecular flexibility index (Phi) is 6.75. The van der Waals surface area contributed by atoms with Crippen LogP contribution in [0.1, 0.15) is 16.6 Å². The number of terminal acetylenes is 1. The predicted molar refractivity (Wildman–Crippen MR) is 112 cm³/mol. The van der Waals surface area contributed by atoms with Gasteiger partial charge in [-0.15, -0.1) is 16.6 Å². The molecule has 2 aromatic carbocycles. The van der Waals surface area contributed by atoms with Crippen LogP contribution in [0, 0.1) is 29.4 Å². The summed E-state index contributed by atoms with van der Waals surface area (Å²) < 4.78 is 7.23. The highest BCUT2D eigenvalue weighted by Crippen LogP contribution is 2.38. The minimum Gasteiger partial charge on any atom is -0.479 e. The number of nitro groups is 1. The number of hydrogen-bond acceptors (Lipinski definition) is 6. The molecule has 148 valence electrons. The van der Waals surface area contributed by atoms with Crippen LogP contribution in [0.4, 0.5) is 0 Å². The van der Waals surface area contributed by atoms with Crippen LogP contribution in [0.15, 0.2) is 53.7 Å². The number of thioether (sulfide) groups is 1. The number of benzene rings is 2. The molecule has 29 heavy (non-hydrogen) atoms. The van der Waals surface area contributed by atoms with Crippen molar-refractivity contribution in [3.8, 4) is 23.8 Å². The fraction of sp³-hybridized carbons (Fsp3) is 0.200. The Morgan fingerprint density at radius 2 is 2.07 bits per heavy atom. The third kappa shape index (κ3) is 5.08. The van der Waals surface area contributed by atoms with Crippen molar-refractivity contribution in [3.63, 3.8) is 0 Å². The van der Waals surface area contributed by atoms with E-state index in [1.54, 1.807) is 18.2 Å². The zero-order valence-corrected chi connectivity index (χ0v) is 17.1. The molecule has 0 aliphatic carbocycles. The van der Waals surface area contributed by atoms with E-state index in [0.717, 1.165) is 5.69 Å². The lowest BCUT2D eigenvalue weighted by atomic mass is 10.1. The van der Waals surface area contributed by atoms with Crippen LogP contribution in [0.2, 0.25) is 5.02 Å². The fourth-order valence-electron chi connectivity index (χ4n) is 2.72. The Hall–Kier alpha value is -3.02. The van der Waals surface area contributed by atoms with Crippen LogP contribution < -0.4 is 4.74 Å². The maximum Gasteiger partial charge on any atom is 0.220 e. The molecular weight excluding hydrogens is 412 g/mol. The van der Waals surface area contributed by atoms with Crippen molar-refractivity contribution in [2.24, 2.45) is 0 Å². The number of halogens is 1. The summed E-state index contributed by atoms with van der Waals surface area (Å²) >= 11 is 7.53. The number of nitrogens with zero attached hydrogens (tertiary/aromatic N) is 4. The van der Waals surface area contributed by atoms with Gasteiger partial charge in [-0.2, -0.15) is 0 Å². The molecule has 0 aliphatic heterocycles. The smallest absolute Gasteiger partial charge is 0.220 e. The number of hydrogen-bond donors (Lipinski definition) is 0. The summed E-state index contributed by atoms with van der Waals surface area (Å²) in [6, 6.07) is 14.7. The van der Waals surface area contributed by atoms with Crippen LogP contribution in [0.3, 0.4) is 0 Å². The van der Waals surface area contributed by atoms with Crippen molar-refractivity contribution in [1.82, 2.24) is 14.8 Å². The second-order valence-corrected chi connectivity index (χ2v) is 7.58. The van der Waals surface area contributed by atoms with Crippen molar-refractivity contribution < 1.29 is 9.66 Å². The first kappa shape index (κ1) is 20.7. The van der Waals surface area contributed by atoms with Gasteiger partial charge in [-0.3, -0.25) is 14.7 Å². The van der Waals surface area contributed by atoms with Crippen molar-refractivity contribution in [2.45, 2.75) is 17.3 Å². The van der Waals surface area contributed by atoms with Gasteiger partial charge >= 0.3 is 0 Å². The van der Waals surface area contributed by atoms with Crippen molar-refractivity contribution in [2.75, 3.05) is 13.2 Å². The van der Waals surface area contributed by atoms with E-state index in [1.165, 1.54) is 11.8 Å².